The van der Waals surface area contributed by atoms with Crippen LogP contribution in [0.4, 0.5) is 11.5 Å². The second-order valence-electron chi connectivity index (χ2n) is 4.75. The third-order valence-corrected chi connectivity index (χ3v) is 3.73. The second-order valence-corrected chi connectivity index (χ2v) is 7.04. The van der Waals surface area contributed by atoms with E-state index in [0.29, 0.717) is 5.82 Å². The van der Waals surface area contributed by atoms with E-state index in [9.17, 15) is 4.79 Å². The highest BCUT2D eigenvalue weighted by atomic mass is 35.6. The van der Waals surface area contributed by atoms with Crippen molar-refractivity contribution in [2.75, 3.05) is 23.3 Å². The molecule has 0 atom stereocenters. The molecule has 2 rings (SSSR count). The molecule has 1 amide bonds. The lowest BCUT2D eigenvalue weighted by atomic mass is 10.2. The molecule has 0 radical (unpaired) electrons. The predicted molar refractivity (Wildman–Crippen MR) is 83.8 cm³/mol. The molecule has 0 aromatic carbocycles. The number of carbonyl (C=O) groups is 1. The van der Waals surface area contributed by atoms with Crippen molar-refractivity contribution in [3.05, 3.63) is 18.3 Å². The van der Waals surface area contributed by atoms with Crippen molar-refractivity contribution in [1.82, 2.24) is 4.98 Å². The Hall–Kier alpha value is -0.710. The van der Waals surface area contributed by atoms with E-state index < -0.39 is 9.70 Å². The Kier molecular flexibility index (Phi) is 5.35. The third-order valence-electron chi connectivity index (χ3n) is 3.22. The van der Waals surface area contributed by atoms with E-state index in [0.717, 1.165) is 18.8 Å². The molecule has 0 saturated carbocycles. The summed E-state index contributed by atoms with van der Waals surface area (Å²) in [5, 5.41) is 2.46. The fourth-order valence-corrected chi connectivity index (χ4v) is 2.30. The van der Waals surface area contributed by atoms with E-state index in [4.69, 9.17) is 34.8 Å². The zero-order valence-corrected chi connectivity index (χ0v) is 13.2. The summed E-state index contributed by atoms with van der Waals surface area (Å²) in [5.74, 6) is -0.336. The van der Waals surface area contributed by atoms with Gasteiger partial charge in [0.1, 0.15) is 5.82 Å². The lowest BCUT2D eigenvalue weighted by Crippen LogP contribution is -2.27. The normalized spacial score (nSPS) is 16.6. The van der Waals surface area contributed by atoms with Gasteiger partial charge in [0.2, 0.25) is 0 Å². The molecule has 1 saturated heterocycles. The van der Waals surface area contributed by atoms with Crippen molar-refractivity contribution in [3.8, 4) is 0 Å². The molecular formula is C13H16Cl3N3O. The van der Waals surface area contributed by atoms with E-state index in [-0.39, 0.29) is 0 Å². The maximum atomic E-state index is 11.5. The first-order chi connectivity index (χ1) is 9.47. The summed E-state index contributed by atoms with van der Waals surface area (Å²) in [6.07, 6.45) is 6.69. The number of hydrogen-bond donors (Lipinski definition) is 1. The first-order valence-electron chi connectivity index (χ1n) is 6.56. The summed E-state index contributed by atoms with van der Waals surface area (Å²) in [4.78, 5) is 18.0. The third kappa shape index (κ3) is 4.40. The van der Waals surface area contributed by atoms with Gasteiger partial charge in [0, 0.05) is 13.1 Å². The minimum atomic E-state index is -1.98. The molecule has 1 fully saturated rings. The molecule has 2 heterocycles. The maximum Gasteiger partial charge on any atom is 0.277 e. The molecule has 1 aliphatic heterocycles. The van der Waals surface area contributed by atoms with Crippen molar-refractivity contribution < 1.29 is 4.79 Å². The van der Waals surface area contributed by atoms with Crippen LogP contribution in [0.3, 0.4) is 0 Å². The van der Waals surface area contributed by atoms with Crippen LogP contribution in [0, 0.1) is 0 Å². The van der Waals surface area contributed by atoms with Gasteiger partial charge in [0.25, 0.3) is 9.70 Å². The van der Waals surface area contributed by atoms with Gasteiger partial charge >= 0.3 is 0 Å². The van der Waals surface area contributed by atoms with E-state index in [1.165, 1.54) is 25.7 Å². The van der Waals surface area contributed by atoms with Gasteiger partial charge in [-0.3, -0.25) is 4.79 Å². The molecule has 0 spiro atoms. The van der Waals surface area contributed by atoms with Crippen molar-refractivity contribution in [2.24, 2.45) is 0 Å². The van der Waals surface area contributed by atoms with Crippen molar-refractivity contribution in [1.29, 1.82) is 0 Å². The molecular weight excluding hydrogens is 321 g/mol. The summed E-state index contributed by atoms with van der Waals surface area (Å²) in [6.45, 7) is 2.09. The summed E-state index contributed by atoms with van der Waals surface area (Å²) in [5.41, 5.74) is 1.05. The number of carbonyl (C=O) groups excluding carboxylic acids is 1. The smallest absolute Gasteiger partial charge is 0.277 e. The number of pyridine rings is 1. The Labute approximate surface area is 133 Å². The Morgan fingerprint density at radius 3 is 2.30 bits per heavy atom. The number of rotatable bonds is 2. The van der Waals surface area contributed by atoms with Crippen LogP contribution in [0.5, 0.6) is 0 Å². The molecule has 110 valence electrons. The van der Waals surface area contributed by atoms with Gasteiger partial charge in [-0.1, -0.05) is 47.6 Å². The fraction of sp³-hybridized carbons (Fsp3) is 0.538. The molecule has 4 nitrogen and oxygen atoms in total. The predicted octanol–water partition coefficient (Wildman–Crippen LogP) is 3.77. The van der Waals surface area contributed by atoms with Crippen LogP contribution >= 0.6 is 34.8 Å². The van der Waals surface area contributed by atoms with Gasteiger partial charge in [0.15, 0.2) is 0 Å². The summed E-state index contributed by atoms with van der Waals surface area (Å²) in [7, 11) is 0. The Morgan fingerprint density at radius 2 is 1.80 bits per heavy atom. The van der Waals surface area contributed by atoms with Gasteiger partial charge in [0.05, 0.1) is 11.9 Å². The number of anilines is 2. The monoisotopic (exact) mass is 335 g/mol. The molecule has 20 heavy (non-hydrogen) atoms. The van der Waals surface area contributed by atoms with Crippen LogP contribution in [-0.4, -0.2) is 27.8 Å². The highest BCUT2D eigenvalue weighted by Crippen LogP contribution is 2.27. The van der Waals surface area contributed by atoms with Crippen LogP contribution in [0.1, 0.15) is 25.7 Å². The molecule has 0 aliphatic carbocycles. The number of alkyl halides is 3. The summed E-state index contributed by atoms with van der Waals surface area (Å²) < 4.78 is -1.98. The molecule has 1 aromatic rings. The zero-order chi connectivity index (χ0) is 14.6. The fourth-order valence-electron chi connectivity index (χ4n) is 2.16. The van der Waals surface area contributed by atoms with Crippen molar-refractivity contribution in [3.63, 3.8) is 0 Å². The average Bonchev–Trinajstić information content (AvgIpc) is 2.67. The van der Waals surface area contributed by atoms with Crippen LogP contribution in [0.15, 0.2) is 18.3 Å². The van der Waals surface area contributed by atoms with Gasteiger partial charge in [-0.2, -0.15) is 0 Å². The summed E-state index contributed by atoms with van der Waals surface area (Å²) in [6, 6.07) is 3.64. The Bertz CT molecular complexity index is 451. The molecule has 7 heteroatoms. The topological polar surface area (TPSA) is 45.2 Å². The van der Waals surface area contributed by atoms with Crippen molar-refractivity contribution >= 4 is 52.2 Å². The Morgan fingerprint density at radius 1 is 1.15 bits per heavy atom. The molecule has 1 N–H and O–H groups in total. The molecule has 0 unspecified atom stereocenters. The van der Waals surface area contributed by atoms with Crippen LogP contribution < -0.4 is 10.2 Å². The van der Waals surface area contributed by atoms with E-state index >= 15 is 0 Å². The number of halogens is 3. The lowest BCUT2D eigenvalue weighted by molar-refractivity contribution is -0.115. The Balaban J connectivity index is 2.00. The highest BCUT2D eigenvalue weighted by Gasteiger charge is 2.30. The number of amides is 1. The van der Waals surface area contributed by atoms with Crippen LogP contribution in [0.2, 0.25) is 0 Å². The van der Waals surface area contributed by atoms with Gasteiger partial charge < -0.3 is 10.2 Å². The van der Waals surface area contributed by atoms with Crippen LogP contribution in [-0.2, 0) is 4.79 Å². The molecule has 1 aromatic heterocycles. The van der Waals surface area contributed by atoms with E-state index in [1.54, 1.807) is 12.3 Å². The standard InChI is InChI=1S/C13H16Cl3N3O/c14-13(15,16)12(20)18-11-6-5-10(9-17-11)19-7-3-1-2-4-8-19/h5-6,9H,1-4,7-8H2,(H,17,18,20). The molecule has 1 aliphatic rings. The largest absolute Gasteiger partial charge is 0.370 e. The number of nitrogens with one attached hydrogen (secondary N) is 1. The minimum Gasteiger partial charge on any atom is -0.370 e. The van der Waals surface area contributed by atoms with E-state index in [1.807, 2.05) is 6.07 Å². The number of aromatic nitrogens is 1. The minimum absolute atomic E-state index is 0.375. The number of nitrogens with zero attached hydrogens (tertiary/aromatic N) is 2. The SMILES string of the molecule is O=C(Nc1ccc(N2CCCCCC2)cn1)C(Cl)(Cl)Cl. The highest BCUT2D eigenvalue weighted by molar-refractivity contribution is 6.76. The van der Waals surface area contributed by atoms with Gasteiger partial charge in [-0.25, -0.2) is 4.98 Å². The number of hydrogen-bond acceptors (Lipinski definition) is 3. The second kappa shape index (κ2) is 6.83. The first kappa shape index (κ1) is 15.7. The first-order valence-corrected chi connectivity index (χ1v) is 7.69. The molecule has 0 bridgehead atoms. The maximum absolute atomic E-state index is 11.5. The zero-order valence-electron chi connectivity index (χ0n) is 10.9. The van der Waals surface area contributed by atoms with Gasteiger partial charge in [-0.15, -0.1) is 0 Å². The average molecular weight is 337 g/mol. The van der Waals surface area contributed by atoms with E-state index in [2.05, 4.69) is 15.2 Å². The van der Waals surface area contributed by atoms with Crippen molar-refractivity contribution in [2.45, 2.75) is 29.5 Å². The van der Waals surface area contributed by atoms with Gasteiger partial charge in [-0.05, 0) is 25.0 Å². The lowest BCUT2D eigenvalue weighted by Gasteiger charge is -2.22. The quantitative estimate of drug-likeness (QED) is 0.836. The van der Waals surface area contributed by atoms with Crippen LogP contribution in [0.25, 0.3) is 0 Å². The summed E-state index contributed by atoms with van der Waals surface area (Å²) >= 11 is 16.5.